The summed E-state index contributed by atoms with van der Waals surface area (Å²) in [6.45, 7) is 4.13. The summed E-state index contributed by atoms with van der Waals surface area (Å²) in [5.41, 5.74) is 0. The van der Waals surface area contributed by atoms with Crippen LogP contribution in [0.3, 0.4) is 0 Å². The van der Waals surface area contributed by atoms with Crippen molar-refractivity contribution < 1.29 is 13.0 Å². The Hall–Kier alpha value is -0.0000000000000000555. The van der Waals surface area contributed by atoms with Gasteiger partial charge in [-0.2, -0.15) is 8.42 Å². The molecule has 1 atom stereocenters. The molecule has 0 heterocycles. The maximum absolute atomic E-state index is 10.8. The van der Waals surface area contributed by atoms with Gasteiger partial charge in [0.1, 0.15) is 0 Å². The lowest BCUT2D eigenvalue weighted by molar-refractivity contribution is 0.470. The molecule has 1 N–H and O–H groups in total. The molecule has 0 aromatic heterocycles. The minimum Gasteiger partial charge on any atom is -0.286 e. The first-order valence-electron chi connectivity index (χ1n) is 9.32. The van der Waals surface area contributed by atoms with Crippen LogP contribution >= 0.6 is 12.2 Å². The lowest BCUT2D eigenvalue weighted by atomic mass is 9.95. The highest BCUT2D eigenvalue weighted by molar-refractivity contribution is 7.85. The van der Waals surface area contributed by atoms with Gasteiger partial charge in [0.25, 0.3) is 10.1 Å². The molecule has 0 spiro atoms. The van der Waals surface area contributed by atoms with Crippen LogP contribution in [-0.2, 0) is 10.1 Å². The number of hydrogen-bond donors (Lipinski definition) is 1. The Balaban J connectivity index is 3.54. The second-order valence-electron chi connectivity index (χ2n) is 6.71. The van der Waals surface area contributed by atoms with E-state index in [1.807, 2.05) is 6.92 Å². The Morgan fingerprint density at radius 1 is 0.870 bits per heavy atom. The fraction of sp³-hybridized carbons (Fsp3) is 0.944. The molecule has 0 rings (SSSR count). The fourth-order valence-electron chi connectivity index (χ4n) is 2.90. The third kappa shape index (κ3) is 16.6. The SMILES string of the molecule is CCCCCCCCCCCCCC(CCS(=O)(=O)O)C(C)=S. The van der Waals surface area contributed by atoms with Gasteiger partial charge in [0, 0.05) is 0 Å². The molecule has 5 heteroatoms. The van der Waals surface area contributed by atoms with E-state index in [0.29, 0.717) is 6.42 Å². The summed E-state index contributed by atoms with van der Waals surface area (Å²) in [6, 6.07) is 0. The van der Waals surface area contributed by atoms with Crippen LogP contribution in [0, 0.1) is 5.92 Å². The minimum atomic E-state index is -3.87. The Bertz CT molecular complexity index is 391. The summed E-state index contributed by atoms with van der Waals surface area (Å²) in [5.74, 6) is -0.0329. The Kier molecular flexibility index (Phi) is 14.4. The van der Waals surface area contributed by atoms with Gasteiger partial charge in [-0.3, -0.25) is 4.55 Å². The van der Waals surface area contributed by atoms with Crippen molar-refractivity contribution in [2.24, 2.45) is 5.92 Å². The molecule has 23 heavy (non-hydrogen) atoms. The molecule has 1 unspecified atom stereocenters. The van der Waals surface area contributed by atoms with Crippen LogP contribution in [0.2, 0.25) is 0 Å². The van der Waals surface area contributed by atoms with Crippen LogP contribution in [0.25, 0.3) is 0 Å². The Morgan fingerprint density at radius 2 is 1.30 bits per heavy atom. The molecule has 0 fully saturated rings. The van der Waals surface area contributed by atoms with Crippen LogP contribution in [0.15, 0.2) is 0 Å². The second-order valence-corrected chi connectivity index (χ2v) is 8.92. The van der Waals surface area contributed by atoms with Crippen LogP contribution in [0.5, 0.6) is 0 Å². The second kappa shape index (κ2) is 14.4. The molecule has 0 aliphatic carbocycles. The molecule has 0 bridgehead atoms. The van der Waals surface area contributed by atoms with E-state index < -0.39 is 10.1 Å². The zero-order chi connectivity index (χ0) is 17.6. The van der Waals surface area contributed by atoms with Crippen LogP contribution < -0.4 is 0 Å². The van der Waals surface area contributed by atoms with E-state index in [1.165, 1.54) is 64.2 Å². The molecule has 0 aliphatic rings. The highest BCUT2D eigenvalue weighted by atomic mass is 32.2. The third-order valence-electron chi connectivity index (χ3n) is 4.46. The van der Waals surface area contributed by atoms with Crippen molar-refractivity contribution >= 4 is 27.2 Å². The highest BCUT2D eigenvalue weighted by Gasteiger charge is 2.14. The van der Waals surface area contributed by atoms with E-state index in [1.54, 1.807) is 0 Å². The van der Waals surface area contributed by atoms with Gasteiger partial charge < -0.3 is 0 Å². The van der Waals surface area contributed by atoms with E-state index in [4.69, 9.17) is 16.8 Å². The summed E-state index contributed by atoms with van der Waals surface area (Å²) >= 11 is 5.21. The van der Waals surface area contributed by atoms with Gasteiger partial charge >= 0.3 is 0 Å². The predicted octanol–water partition coefficient (Wildman–Crippen LogP) is 5.97. The van der Waals surface area contributed by atoms with Crippen molar-refractivity contribution in [1.82, 2.24) is 0 Å². The molecule has 0 aromatic rings. The molecule has 0 radical (unpaired) electrons. The first kappa shape index (κ1) is 23.0. The summed E-state index contributed by atoms with van der Waals surface area (Å²) in [4.78, 5) is 0.862. The standard InChI is InChI=1S/C18H36O3S2/c1-3-4-5-6-7-8-9-10-11-12-13-14-18(17(2)22)15-16-23(19,20)21/h18H,3-16H2,1-2H3,(H,19,20,21). The van der Waals surface area contributed by atoms with Gasteiger partial charge in [-0.15, -0.1) is 0 Å². The minimum absolute atomic E-state index is 0.144. The van der Waals surface area contributed by atoms with Crippen molar-refractivity contribution in [1.29, 1.82) is 0 Å². The molecule has 0 aliphatic heterocycles. The van der Waals surface area contributed by atoms with Crippen LogP contribution in [0.4, 0.5) is 0 Å². The number of thiocarbonyl (C=S) groups is 1. The lowest BCUT2D eigenvalue weighted by Gasteiger charge is -2.14. The summed E-state index contributed by atoms with van der Waals surface area (Å²) in [7, 11) is -3.87. The molecule has 0 saturated carbocycles. The van der Waals surface area contributed by atoms with Gasteiger partial charge in [0.05, 0.1) is 5.75 Å². The molecular weight excluding hydrogens is 328 g/mol. The predicted molar refractivity (Wildman–Crippen MR) is 104 cm³/mol. The quantitative estimate of drug-likeness (QED) is 0.208. The van der Waals surface area contributed by atoms with Crippen molar-refractivity contribution in [2.75, 3.05) is 5.75 Å². The lowest BCUT2D eigenvalue weighted by Crippen LogP contribution is -2.15. The van der Waals surface area contributed by atoms with Crippen molar-refractivity contribution in [3.63, 3.8) is 0 Å². The van der Waals surface area contributed by atoms with E-state index in [9.17, 15) is 8.42 Å². The van der Waals surface area contributed by atoms with Gasteiger partial charge in [0.15, 0.2) is 0 Å². The van der Waals surface area contributed by atoms with E-state index in [2.05, 4.69) is 6.92 Å². The summed E-state index contributed by atoms with van der Waals surface area (Å²) < 4.78 is 30.5. The zero-order valence-electron chi connectivity index (χ0n) is 15.1. The molecule has 138 valence electrons. The highest BCUT2D eigenvalue weighted by Crippen LogP contribution is 2.18. The van der Waals surface area contributed by atoms with Gasteiger partial charge in [0.2, 0.25) is 0 Å². The number of hydrogen-bond acceptors (Lipinski definition) is 3. The molecule has 0 saturated heterocycles. The van der Waals surface area contributed by atoms with Crippen molar-refractivity contribution in [3.8, 4) is 0 Å². The Morgan fingerprint density at radius 3 is 1.70 bits per heavy atom. The monoisotopic (exact) mass is 364 g/mol. The van der Waals surface area contributed by atoms with Crippen molar-refractivity contribution in [2.45, 2.75) is 97.3 Å². The average molecular weight is 365 g/mol. The van der Waals surface area contributed by atoms with E-state index >= 15 is 0 Å². The first-order chi connectivity index (χ1) is 10.9. The van der Waals surface area contributed by atoms with Gasteiger partial charge in [-0.1, -0.05) is 89.8 Å². The van der Waals surface area contributed by atoms with Crippen LogP contribution in [-0.4, -0.2) is 23.6 Å². The normalized spacial score (nSPS) is 13.2. The molecular formula is C18H36O3S2. The fourth-order valence-corrected chi connectivity index (χ4v) is 3.72. The maximum atomic E-state index is 10.8. The maximum Gasteiger partial charge on any atom is 0.264 e. The molecule has 0 aromatic carbocycles. The summed E-state index contributed by atoms with van der Waals surface area (Å²) in [6.07, 6.45) is 15.8. The van der Waals surface area contributed by atoms with Crippen molar-refractivity contribution in [3.05, 3.63) is 0 Å². The average Bonchev–Trinajstić information content (AvgIpc) is 2.46. The van der Waals surface area contributed by atoms with Crippen LogP contribution in [0.1, 0.15) is 97.3 Å². The van der Waals surface area contributed by atoms with Gasteiger partial charge in [-0.05, 0) is 30.5 Å². The molecule has 3 nitrogen and oxygen atoms in total. The zero-order valence-corrected chi connectivity index (χ0v) is 16.7. The third-order valence-corrected chi connectivity index (χ3v) is 5.54. The Labute approximate surface area is 149 Å². The smallest absolute Gasteiger partial charge is 0.264 e. The first-order valence-corrected chi connectivity index (χ1v) is 11.3. The number of rotatable bonds is 16. The van der Waals surface area contributed by atoms with E-state index in [0.717, 1.165) is 17.7 Å². The van der Waals surface area contributed by atoms with Gasteiger partial charge in [-0.25, -0.2) is 0 Å². The topological polar surface area (TPSA) is 54.4 Å². The van der Waals surface area contributed by atoms with E-state index in [-0.39, 0.29) is 11.7 Å². The number of unbranched alkanes of at least 4 members (excludes halogenated alkanes) is 10. The summed E-state index contributed by atoms with van der Waals surface area (Å²) in [5, 5.41) is 0. The molecule has 0 amide bonds. The largest absolute Gasteiger partial charge is 0.286 e.